The van der Waals surface area contributed by atoms with Crippen molar-refractivity contribution in [2.75, 3.05) is 19.6 Å². The van der Waals surface area contributed by atoms with Crippen molar-refractivity contribution >= 4 is 17.6 Å². The molecule has 5 heteroatoms. The van der Waals surface area contributed by atoms with Gasteiger partial charge in [-0.2, -0.15) is 0 Å². The first-order valence-electron chi connectivity index (χ1n) is 8.04. The summed E-state index contributed by atoms with van der Waals surface area (Å²) in [4.78, 5) is 14.4. The van der Waals surface area contributed by atoms with E-state index in [9.17, 15) is 4.79 Å². The maximum Gasteiger partial charge on any atom is 0.315 e. The zero-order valence-corrected chi connectivity index (χ0v) is 14.2. The van der Waals surface area contributed by atoms with Crippen molar-refractivity contribution in [1.82, 2.24) is 15.5 Å². The first-order valence-corrected chi connectivity index (χ1v) is 8.42. The fourth-order valence-electron chi connectivity index (χ4n) is 2.84. The molecular formula is C17H26ClN3O. The lowest BCUT2D eigenvalue weighted by molar-refractivity contribution is 0.178. The minimum absolute atomic E-state index is 0.0951. The van der Waals surface area contributed by atoms with Crippen LogP contribution in [0.25, 0.3) is 0 Å². The number of nitrogens with zero attached hydrogens (tertiary/aromatic N) is 1. The molecule has 0 aromatic heterocycles. The molecule has 22 heavy (non-hydrogen) atoms. The first kappa shape index (κ1) is 17.1. The molecule has 1 saturated heterocycles. The van der Waals surface area contributed by atoms with Gasteiger partial charge in [0.1, 0.15) is 0 Å². The van der Waals surface area contributed by atoms with Crippen LogP contribution in [0.3, 0.4) is 0 Å². The molecule has 0 unspecified atom stereocenters. The van der Waals surface area contributed by atoms with Crippen molar-refractivity contribution in [2.24, 2.45) is 5.92 Å². The van der Waals surface area contributed by atoms with Gasteiger partial charge in [0, 0.05) is 37.2 Å². The SMILES string of the molecule is CC(C)CN1CCC(NC(=O)NCc2cccc(Cl)c2)CC1. The number of hydrogen-bond acceptors (Lipinski definition) is 2. The standard InChI is InChI=1S/C17H26ClN3O/c1-13(2)12-21-8-6-16(7-9-21)20-17(22)19-11-14-4-3-5-15(18)10-14/h3-5,10,13,16H,6-9,11-12H2,1-2H3,(H2,19,20,22). The molecule has 0 saturated carbocycles. The molecule has 1 aliphatic heterocycles. The number of hydrogen-bond donors (Lipinski definition) is 2. The molecule has 2 amide bonds. The van der Waals surface area contributed by atoms with Gasteiger partial charge in [0.25, 0.3) is 0 Å². The van der Waals surface area contributed by atoms with Gasteiger partial charge in [-0.25, -0.2) is 4.79 Å². The molecule has 122 valence electrons. The molecule has 0 radical (unpaired) electrons. The highest BCUT2D eigenvalue weighted by Gasteiger charge is 2.20. The molecule has 4 nitrogen and oxygen atoms in total. The van der Waals surface area contributed by atoms with Crippen LogP contribution in [0.5, 0.6) is 0 Å². The van der Waals surface area contributed by atoms with Gasteiger partial charge < -0.3 is 15.5 Å². The summed E-state index contributed by atoms with van der Waals surface area (Å²) in [7, 11) is 0. The number of carbonyl (C=O) groups excluding carboxylic acids is 1. The van der Waals surface area contributed by atoms with E-state index < -0.39 is 0 Å². The second-order valence-corrected chi connectivity index (χ2v) is 6.86. The van der Waals surface area contributed by atoms with E-state index in [1.54, 1.807) is 0 Å². The van der Waals surface area contributed by atoms with Crippen LogP contribution in [0.2, 0.25) is 5.02 Å². The largest absolute Gasteiger partial charge is 0.335 e. The van der Waals surface area contributed by atoms with Crippen molar-refractivity contribution in [3.8, 4) is 0 Å². The molecule has 0 atom stereocenters. The van der Waals surface area contributed by atoms with E-state index in [0.29, 0.717) is 17.5 Å². The minimum atomic E-state index is -0.0951. The number of benzene rings is 1. The van der Waals surface area contributed by atoms with Gasteiger partial charge in [0.05, 0.1) is 0 Å². The van der Waals surface area contributed by atoms with E-state index in [1.807, 2.05) is 24.3 Å². The van der Waals surface area contributed by atoms with Gasteiger partial charge in [-0.1, -0.05) is 37.6 Å². The maximum atomic E-state index is 12.0. The van der Waals surface area contributed by atoms with Crippen molar-refractivity contribution < 1.29 is 4.79 Å². The summed E-state index contributed by atoms with van der Waals surface area (Å²) >= 11 is 5.93. The summed E-state index contributed by atoms with van der Waals surface area (Å²) in [5.41, 5.74) is 1.01. The normalized spacial score (nSPS) is 16.7. The Bertz CT molecular complexity index is 485. The predicted octanol–water partition coefficient (Wildman–Crippen LogP) is 3.26. The summed E-state index contributed by atoms with van der Waals surface area (Å²) < 4.78 is 0. The molecule has 0 spiro atoms. The summed E-state index contributed by atoms with van der Waals surface area (Å²) in [5.74, 6) is 0.700. The molecule has 1 fully saturated rings. The van der Waals surface area contributed by atoms with Crippen molar-refractivity contribution in [3.63, 3.8) is 0 Å². The summed E-state index contributed by atoms with van der Waals surface area (Å²) in [6.45, 7) is 8.27. The fourth-order valence-corrected chi connectivity index (χ4v) is 3.05. The second-order valence-electron chi connectivity index (χ2n) is 6.43. The van der Waals surface area contributed by atoms with Gasteiger partial charge in [0.15, 0.2) is 0 Å². The quantitative estimate of drug-likeness (QED) is 0.873. The Morgan fingerprint density at radius 3 is 2.73 bits per heavy atom. The number of carbonyl (C=O) groups is 1. The Labute approximate surface area is 138 Å². The van der Waals surface area contributed by atoms with Crippen LogP contribution < -0.4 is 10.6 Å². The highest BCUT2D eigenvalue weighted by atomic mass is 35.5. The summed E-state index contributed by atoms with van der Waals surface area (Å²) in [6, 6.07) is 7.73. The molecule has 2 rings (SSSR count). The average Bonchev–Trinajstić information content (AvgIpc) is 2.47. The third-order valence-electron chi connectivity index (χ3n) is 3.89. The average molecular weight is 324 g/mol. The van der Waals surface area contributed by atoms with Crippen LogP contribution in [0, 0.1) is 5.92 Å². The fraction of sp³-hybridized carbons (Fsp3) is 0.588. The Morgan fingerprint density at radius 1 is 1.36 bits per heavy atom. The zero-order chi connectivity index (χ0) is 15.9. The maximum absolute atomic E-state index is 12.0. The lowest BCUT2D eigenvalue weighted by Crippen LogP contribution is -2.48. The number of likely N-dealkylation sites (tertiary alicyclic amines) is 1. The van der Waals surface area contributed by atoms with Crippen LogP contribution in [-0.2, 0) is 6.54 Å². The topological polar surface area (TPSA) is 44.4 Å². The van der Waals surface area contributed by atoms with E-state index in [4.69, 9.17) is 11.6 Å². The zero-order valence-electron chi connectivity index (χ0n) is 13.4. The second kappa shape index (κ2) is 8.39. The van der Waals surface area contributed by atoms with Crippen LogP contribution >= 0.6 is 11.6 Å². The number of nitrogens with one attached hydrogen (secondary N) is 2. The highest BCUT2D eigenvalue weighted by Crippen LogP contribution is 2.12. The lowest BCUT2D eigenvalue weighted by Gasteiger charge is -2.33. The lowest BCUT2D eigenvalue weighted by atomic mass is 10.0. The monoisotopic (exact) mass is 323 g/mol. The number of piperidine rings is 1. The third-order valence-corrected chi connectivity index (χ3v) is 4.12. The smallest absolute Gasteiger partial charge is 0.315 e. The number of rotatable bonds is 5. The predicted molar refractivity (Wildman–Crippen MR) is 91.1 cm³/mol. The van der Waals surface area contributed by atoms with Gasteiger partial charge in [-0.15, -0.1) is 0 Å². The van der Waals surface area contributed by atoms with E-state index in [-0.39, 0.29) is 12.1 Å². The van der Waals surface area contributed by atoms with Crippen LogP contribution in [0.4, 0.5) is 4.79 Å². The molecule has 1 aliphatic rings. The summed E-state index contributed by atoms with van der Waals surface area (Å²) in [5, 5.41) is 6.65. The highest BCUT2D eigenvalue weighted by molar-refractivity contribution is 6.30. The molecule has 0 bridgehead atoms. The van der Waals surface area contributed by atoms with Crippen molar-refractivity contribution in [2.45, 2.75) is 39.3 Å². The van der Waals surface area contributed by atoms with Gasteiger partial charge in [0.2, 0.25) is 0 Å². The molecule has 0 aliphatic carbocycles. The van der Waals surface area contributed by atoms with Gasteiger partial charge in [-0.05, 0) is 36.5 Å². The van der Waals surface area contributed by atoms with Crippen LogP contribution in [0.15, 0.2) is 24.3 Å². The number of halogens is 1. The molecule has 1 aromatic rings. The molecule has 2 N–H and O–H groups in total. The number of urea groups is 1. The van der Waals surface area contributed by atoms with E-state index in [0.717, 1.165) is 38.0 Å². The van der Waals surface area contributed by atoms with Crippen LogP contribution in [-0.4, -0.2) is 36.6 Å². The Morgan fingerprint density at radius 2 is 2.09 bits per heavy atom. The van der Waals surface area contributed by atoms with E-state index in [1.165, 1.54) is 0 Å². The van der Waals surface area contributed by atoms with E-state index in [2.05, 4.69) is 29.4 Å². The molecule has 1 aromatic carbocycles. The molecule has 1 heterocycles. The first-order chi connectivity index (χ1) is 10.5. The van der Waals surface area contributed by atoms with E-state index >= 15 is 0 Å². The van der Waals surface area contributed by atoms with Gasteiger partial charge in [-0.3, -0.25) is 0 Å². The molecular weight excluding hydrogens is 298 g/mol. The Balaban J connectivity index is 1.68. The Hall–Kier alpha value is -1.26. The minimum Gasteiger partial charge on any atom is -0.335 e. The van der Waals surface area contributed by atoms with Crippen molar-refractivity contribution in [1.29, 1.82) is 0 Å². The Kier molecular flexibility index (Phi) is 6.52. The third kappa shape index (κ3) is 5.85. The number of amides is 2. The van der Waals surface area contributed by atoms with Crippen molar-refractivity contribution in [3.05, 3.63) is 34.9 Å². The summed E-state index contributed by atoms with van der Waals surface area (Å²) in [6.07, 6.45) is 2.05. The van der Waals surface area contributed by atoms with Gasteiger partial charge >= 0.3 is 6.03 Å². The van der Waals surface area contributed by atoms with Crippen LogP contribution in [0.1, 0.15) is 32.3 Å².